The number of carbonyl (C=O) groups excluding carboxylic acids is 1. The molecule has 3 heteroatoms. The average Bonchev–Trinajstić information content (AvgIpc) is 2.15. The maximum absolute atomic E-state index is 11.7. The number of amides is 1. The predicted octanol–water partition coefficient (Wildman–Crippen LogP) is 2.71. The van der Waals surface area contributed by atoms with E-state index >= 15 is 0 Å². The molecule has 0 aliphatic carbocycles. The summed E-state index contributed by atoms with van der Waals surface area (Å²) < 4.78 is 0. The highest BCUT2D eigenvalue weighted by atomic mass is 16.1. The number of anilines is 1. The van der Waals surface area contributed by atoms with Gasteiger partial charge >= 0.3 is 0 Å². The molecule has 1 aromatic carbocycles. The van der Waals surface area contributed by atoms with Gasteiger partial charge in [0.2, 0.25) is 5.91 Å². The Morgan fingerprint density at radius 2 is 2.00 bits per heavy atom. The molecule has 0 radical (unpaired) electrons. The second kappa shape index (κ2) is 5.82. The lowest BCUT2D eigenvalue weighted by atomic mass is 10.1. The van der Waals surface area contributed by atoms with Crippen LogP contribution in [0, 0.1) is 6.92 Å². The lowest BCUT2D eigenvalue weighted by Crippen LogP contribution is -2.37. The molecule has 1 amide bonds. The van der Waals surface area contributed by atoms with Crippen molar-refractivity contribution in [2.45, 2.75) is 39.7 Å². The molecule has 0 saturated heterocycles. The summed E-state index contributed by atoms with van der Waals surface area (Å²) in [6.07, 6.45) is 0.491. The largest absolute Gasteiger partial charge is 0.326 e. The van der Waals surface area contributed by atoms with E-state index < -0.39 is 0 Å². The minimum Gasteiger partial charge on any atom is -0.326 e. The number of benzene rings is 1. The molecule has 0 aromatic heterocycles. The van der Waals surface area contributed by atoms with Crippen LogP contribution in [0.25, 0.3) is 0 Å². The third-order valence-corrected chi connectivity index (χ3v) is 2.31. The van der Waals surface area contributed by atoms with Gasteiger partial charge in [-0.15, -0.1) is 0 Å². The van der Waals surface area contributed by atoms with Crippen LogP contribution in [-0.2, 0) is 4.79 Å². The van der Waals surface area contributed by atoms with Crippen molar-refractivity contribution in [1.82, 2.24) is 5.32 Å². The number of carbonyl (C=O) groups is 1. The van der Waals surface area contributed by atoms with Gasteiger partial charge in [0.1, 0.15) is 0 Å². The Morgan fingerprint density at radius 1 is 1.29 bits per heavy atom. The topological polar surface area (TPSA) is 41.1 Å². The molecule has 1 rings (SSSR count). The molecule has 0 aliphatic heterocycles. The van der Waals surface area contributed by atoms with Crippen LogP contribution in [-0.4, -0.2) is 18.0 Å². The summed E-state index contributed by atoms with van der Waals surface area (Å²) in [5.74, 6) is 0.0485. The zero-order valence-corrected chi connectivity index (χ0v) is 11.1. The molecule has 2 N–H and O–H groups in total. The lowest BCUT2D eigenvalue weighted by molar-refractivity contribution is -0.116. The summed E-state index contributed by atoms with van der Waals surface area (Å²) in [4.78, 5) is 11.7. The second-order valence-corrected chi connectivity index (χ2v) is 5.34. The van der Waals surface area contributed by atoms with Crippen LogP contribution < -0.4 is 10.6 Å². The Bertz CT molecular complexity index is 380. The summed E-state index contributed by atoms with van der Waals surface area (Å²) in [6, 6.07) is 7.83. The van der Waals surface area contributed by atoms with E-state index in [4.69, 9.17) is 0 Å². The molecule has 17 heavy (non-hydrogen) atoms. The zero-order valence-electron chi connectivity index (χ0n) is 11.1. The van der Waals surface area contributed by atoms with E-state index in [2.05, 4.69) is 31.4 Å². The van der Waals surface area contributed by atoms with E-state index in [9.17, 15) is 4.79 Å². The van der Waals surface area contributed by atoms with Crippen molar-refractivity contribution < 1.29 is 4.79 Å². The monoisotopic (exact) mass is 234 g/mol. The Kier molecular flexibility index (Phi) is 4.70. The van der Waals surface area contributed by atoms with Crippen molar-refractivity contribution in [2.24, 2.45) is 0 Å². The molecule has 0 fully saturated rings. The van der Waals surface area contributed by atoms with Crippen molar-refractivity contribution >= 4 is 11.6 Å². The van der Waals surface area contributed by atoms with Crippen LogP contribution in [0.2, 0.25) is 0 Å². The summed E-state index contributed by atoms with van der Waals surface area (Å²) >= 11 is 0. The summed E-state index contributed by atoms with van der Waals surface area (Å²) in [5.41, 5.74) is 2.07. The van der Waals surface area contributed by atoms with Crippen LogP contribution in [0.4, 0.5) is 5.69 Å². The molecule has 0 bridgehead atoms. The van der Waals surface area contributed by atoms with Gasteiger partial charge in [0.15, 0.2) is 0 Å². The molecule has 1 aromatic rings. The molecular formula is C14H22N2O. The molecule has 0 unspecified atom stereocenters. The number of aryl methyl sites for hydroxylation is 1. The molecule has 0 aliphatic rings. The Labute approximate surface area is 104 Å². The third-order valence-electron chi connectivity index (χ3n) is 2.31. The first-order valence-electron chi connectivity index (χ1n) is 5.98. The lowest BCUT2D eigenvalue weighted by Gasteiger charge is -2.20. The molecular weight excluding hydrogens is 212 g/mol. The summed E-state index contributed by atoms with van der Waals surface area (Å²) in [5, 5.41) is 6.18. The number of nitrogens with one attached hydrogen (secondary N) is 2. The second-order valence-electron chi connectivity index (χ2n) is 5.34. The smallest absolute Gasteiger partial charge is 0.225 e. The van der Waals surface area contributed by atoms with Crippen molar-refractivity contribution in [2.75, 3.05) is 11.9 Å². The molecule has 0 spiro atoms. The molecule has 0 atom stereocenters. The van der Waals surface area contributed by atoms with Crippen molar-refractivity contribution in [3.05, 3.63) is 29.8 Å². The van der Waals surface area contributed by atoms with Crippen LogP contribution in [0.15, 0.2) is 24.3 Å². The van der Waals surface area contributed by atoms with Crippen LogP contribution in [0.3, 0.4) is 0 Å². The van der Waals surface area contributed by atoms with Gasteiger partial charge in [0.25, 0.3) is 0 Å². The van der Waals surface area contributed by atoms with Gasteiger partial charge < -0.3 is 10.6 Å². The third kappa shape index (κ3) is 6.07. The van der Waals surface area contributed by atoms with E-state index in [1.807, 2.05) is 31.2 Å². The van der Waals surface area contributed by atoms with E-state index in [1.54, 1.807) is 0 Å². The summed E-state index contributed by atoms with van der Waals surface area (Å²) in [6.45, 7) is 8.97. The average molecular weight is 234 g/mol. The number of hydrogen-bond acceptors (Lipinski definition) is 2. The fraction of sp³-hybridized carbons (Fsp3) is 0.500. The van der Waals surface area contributed by atoms with Gasteiger partial charge in [-0.2, -0.15) is 0 Å². The van der Waals surface area contributed by atoms with Gasteiger partial charge in [0.05, 0.1) is 0 Å². The highest BCUT2D eigenvalue weighted by molar-refractivity contribution is 5.90. The van der Waals surface area contributed by atoms with Crippen LogP contribution in [0.1, 0.15) is 32.8 Å². The zero-order chi connectivity index (χ0) is 12.9. The normalized spacial score (nSPS) is 11.3. The van der Waals surface area contributed by atoms with Crippen molar-refractivity contribution in [1.29, 1.82) is 0 Å². The van der Waals surface area contributed by atoms with Gasteiger partial charge in [-0.25, -0.2) is 0 Å². The number of hydrogen-bond donors (Lipinski definition) is 2. The van der Waals surface area contributed by atoms with E-state index in [1.165, 1.54) is 0 Å². The van der Waals surface area contributed by atoms with Gasteiger partial charge in [-0.3, -0.25) is 4.79 Å². The molecule has 0 heterocycles. The van der Waals surface area contributed by atoms with Gasteiger partial charge in [0, 0.05) is 24.2 Å². The van der Waals surface area contributed by atoms with Crippen LogP contribution in [0.5, 0.6) is 0 Å². The molecule has 0 saturated carbocycles. The number of rotatable bonds is 4. The Balaban J connectivity index is 2.35. The SMILES string of the molecule is Cc1cccc(NC(=O)CCNC(C)(C)C)c1. The van der Waals surface area contributed by atoms with Gasteiger partial charge in [-0.1, -0.05) is 12.1 Å². The quantitative estimate of drug-likeness (QED) is 0.841. The van der Waals surface area contributed by atoms with Crippen LogP contribution >= 0.6 is 0 Å². The van der Waals surface area contributed by atoms with Crippen molar-refractivity contribution in [3.8, 4) is 0 Å². The fourth-order valence-corrected chi connectivity index (χ4v) is 1.50. The van der Waals surface area contributed by atoms with Crippen molar-refractivity contribution in [3.63, 3.8) is 0 Å². The first kappa shape index (κ1) is 13.7. The standard InChI is InChI=1S/C14H22N2O/c1-11-6-5-7-12(10-11)16-13(17)8-9-15-14(2,3)4/h5-7,10,15H,8-9H2,1-4H3,(H,16,17). The van der Waals surface area contributed by atoms with E-state index in [0.717, 1.165) is 11.3 Å². The minimum atomic E-state index is 0.0485. The molecule has 94 valence electrons. The maximum Gasteiger partial charge on any atom is 0.225 e. The first-order chi connectivity index (χ1) is 7.87. The fourth-order valence-electron chi connectivity index (χ4n) is 1.50. The highest BCUT2D eigenvalue weighted by Gasteiger charge is 2.09. The van der Waals surface area contributed by atoms with E-state index in [0.29, 0.717) is 13.0 Å². The van der Waals surface area contributed by atoms with E-state index in [-0.39, 0.29) is 11.4 Å². The highest BCUT2D eigenvalue weighted by Crippen LogP contribution is 2.09. The van der Waals surface area contributed by atoms with Gasteiger partial charge in [-0.05, 0) is 45.4 Å². The summed E-state index contributed by atoms with van der Waals surface area (Å²) in [7, 11) is 0. The Hall–Kier alpha value is -1.35. The maximum atomic E-state index is 11.7. The molecule has 3 nitrogen and oxygen atoms in total. The minimum absolute atomic E-state index is 0.0485. The predicted molar refractivity (Wildman–Crippen MR) is 72.2 cm³/mol. The first-order valence-corrected chi connectivity index (χ1v) is 5.98. The Morgan fingerprint density at radius 3 is 2.59 bits per heavy atom.